The molecule has 3 saturated carbocycles. The standard InChI is InChI=1S/C78H61N/c1-3-18-51(19-4-1)53-34-40-58(41-35-53)79(59-42-36-54(37-43-59)52-20-5-2-6-21-52)60-44-38-55(39-45-60)63-30-17-33-72-74(63)69-29-12-8-23-62(69)56-46-76(72)48-57-49-78(71-32-16-14-27-67(71)64-24-9-7-22-61(57)64)73-50-77(47-56,75(76)78)70-31-15-13-26-66(70)65-25-10-11-28-68(65)73/h1,3-5,7-45,56-57,73,75H,2,6,46-50H2. The van der Waals surface area contributed by atoms with Crippen LogP contribution in [0.4, 0.5) is 17.1 Å². The number of hydrogen-bond donors (Lipinski definition) is 0. The highest BCUT2D eigenvalue weighted by molar-refractivity contribution is 5.92. The fourth-order valence-corrected chi connectivity index (χ4v) is 18.4. The number of nitrogens with zero attached hydrogens (tertiary/aromatic N) is 1. The Kier molecular flexibility index (Phi) is 9.93. The van der Waals surface area contributed by atoms with Crippen LogP contribution in [0.3, 0.4) is 0 Å². The summed E-state index contributed by atoms with van der Waals surface area (Å²) in [5.41, 5.74) is 28.9. The SMILES string of the molecule is C1=CC(c2ccc(N(c3ccc(-c4ccccc4)cc3)c3ccc(-c4cccc5c4-c4ccccc4C4CC67CC(c8ccccc8-c8ccccc86)C68CC(CC5(C4)C76)c4ccccc4-c4ccccc48)cc3)cc2)=CCC1. The Balaban J connectivity index is 0.876. The third-order valence-electron chi connectivity index (χ3n) is 20.8. The van der Waals surface area contributed by atoms with Crippen molar-refractivity contribution >= 4 is 22.6 Å². The number of anilines is 3. The molecule has 0 aromatic heterocycles. The van der Waals surface area contributed by atoms with Gasteiger partial charge in [0.15, 0.2) is 0 Å². The van der Waals surface area contributed by atoms with Crippen LogP contribution < -0.4 is 4.90 Å². The van der Waals surface area contributed by atoms with Crippen LogP contribution in [0.2, 0.25) is 0 Å². The third-order valence-corrected chi connectivity index (χ3v) is 20.8. The monoisotopic (exact) mass is 1010 g/mol. The zero-order valence-corrected chi connectivity index (χ0v) is 44.5. The van der Waals surface area contributed by atoms with Gasteiger partial charge >= 0.3 is 0 Å². The minimum Gasteiger partial charge on any atom is -0.311 e. The second kappa shape index (κ2) is 17.2. The van der Waals surface area contributed by atoms with Crippen LogP contribution >= 0.6 is 0 Å². The van der Waals surface area contributed by atoms with Crippen LogP contribution in [0, 0.1) is 5.92 Å². The molecule has 7 aliphatic rings. The van der Waals surface area contributed by atoms with E-state index in [4.69, 9.17) is 0 Å². The van der Waals surface area contributed by atoms with Gasteiger partial charge in [-0.2, -0.15) is 0 Å². The van der Waals surface area contributed by atoms with E-state index in [9.17, 15) is 0 Å². The predicted molar refractivity (Wildman–Crippen MR) is 327 cm³/mol. The smallest absolute Gasteiger partial charge is 0.0462 e. The highest BCUT2D eigenvalue weighted by atomic mass is 15.1. The van der Waals surface area contributed by atoms with E-state index in [-0.39, 0.29) is 16.2 Å². The summed E-state index contributed by atoms with van der Waals surface area (Å²) in [6, 6.07) is 94.7. The van der Waals surface area contributed by atoms with Gasteiger partial charge in [0.2, 0.25) is 0 Å². The first kappa shape index (κ1) is 45.5. The minimum atomic E-state index is -0.132. The van der Waals surface area contributed by atoms with Crippen molar-refractivity contribution in [3.63, 3.8) is 0 Å². The number of allylic oxidation sites excluding steroid dienone is 4. The fourth-order valence-electron chi connectivity index (χ4n) is 18.4. The highest BCUT2D eigenvalue weighted by Crippen LogP contribution is 2.82. The van der Waals surface area contributed by atoms with Gasteiger partial charge in [0.25, 0.3) is 0 Å². The van der Waals surface area contributed by atoms with Crippen LogP contribution in [-0.2, 0) is 16.2 Å². The Bertz CT molecular complexity index is 4140. The van der Waals surface area contributed by atoms with Crippen molar-refractivity contribution in [3.8, 4) is 55.6 Å². The lowest BCUT2D eigenvalue weighted by Crippen LogP contribution is -2.61. The molecule has 2 spiro atoms. The maximum atomic E-state index is 2.63. The van der Waals surface area contributed by atoms with Crippen molar-refractivity contribution in [2.45, 2.75) is 78.9 Å². The quantitative estimate of drug-likeness (QED) is 0.160. The second-order valence-corrected chi connectivity index (χ2v) is 24.3. The molecule has 1 heteroatoms. The average Bonchev–Trinajstić information content (AvgIpc) is 2.84. The number of hydrogen-bond acceptors (Lipinski definition) is 1. The lowest BCUT2D eigenvalue weighted by Gasteiger charge is -2.64. The second-order valence-electron chi connectivity index (χ2n) is 24.3. The maximum Gasteiger partial charge on any atom is 0.0462 e. The Morgan fingerprint density at radius 2 is 0.810 bits per heavy atom. The molecule has 10 aromatic carbocycles. The Morgan fingerprint density at radius 3 is 1.48 bits per heavy atom. The largest absolute Gasteiger partial charge is 0.311 e. The van der Waals surface area contributed by atoms with Crippen molar-refractivity contribution in [1.82, 2.24) is 0 Å². The third kappa shape index (κ3) is 6.45. The van der Waals surface area contributed by atoms with Crippen molar-refractivity contribution in [3.05, 3.63) is 300 Å². The first-order chi connectivity index (χ1) is 39.1. The van der Waals surface area contributed by atoms with Gasteiger partial charge in [0.05, 0.1) is 0 Å². The van der Waals surface area contributed by atoms with Gasteiger partial charge in [-0.05, 0) is 205 Å². The first-order valence-electron chi connectivity index (χ1n) is 29.2. The molecule has 10 aromatic rings. The van der Waals surface area contributed by atoms with E-state index >= 15 is 0 Å². The molecule has 7 atom stereocenters. The molecule has 0 heterocycles. The van der Waals surface area contributed by atoms with Crippen molar-refractivity contribution in [1.29, 1.82) is 0 Å². The zero-order chi connectivity index (χ0) is 51.9. The summed E-state index contributed by atoms with van der Waals surface area (Å²) >= 11 is 0. The van der Waals surface area contributed by atoms with Crippen LogP contribution in [-0.4, -0.2) is 0 Å². The topological polar surface area (TPSA) is 3.24 Å². The van der Waals surface area contributed by atoms with Gasteiger partial charge < -0.3 is 4.90 Å². The molecule has 0 saturated heterocycles. The minimum absolute atomic E-state index is 0.0603. The molecule has 0 aliphatic heterocycles. The van der Waals surface area contributed by atoms with Crippen molar-refractivity contribution in [2.75, 3.05) is 4.90 Å². The van der Waals surface area contributed by atoms with E-state index in [1.54, 1.807) is 27.8 Å². The summed E-state index contributed by atoms with van der Waals surface area (Å²) in [5, 5.41) is 0. The summed E-state index contributed by atoms with van der Waals surface area (Å²) in [6.45, 7) is 0. The fraction of sp³-hybridized carbons (Fsp3) is 0.179. The Labute approximate surface area is 465 Å². The van der Waals surface area contributed by atoms with Gasteiger partial charge in [-0.3, -0.25) is 0 Å². The summed E-state index contributed by atoms with van der Waals surface area (Å²) in [4.78, 5) is 2.44. The van der Waals surface area contributed by atoms with E-state index in [1.165, 1.54) is 85.2 Å². The van der Waals surface area contributed by atoms with Crippen LogP contribution in [0.1, 0.15) is 102 Å². The van der Waals surface area contributed by atoms with Crippen LogP contribution in [0.15, 0.2) is 261 Å². The summed E-state index contributed by atoms with van der Waals surface area (Å²) in [5.74, 6) is 1.53. The molecule has 0 N–H and O–H groups in total. The van der Waals surface area contributed by atoms with Gasteiger partial charge in [-0.15, -0.1) is 0 Å². The Hall–Kier alpha value is -8.52. The van der Waals surface area contributed by atoms with Crippen LogP contribution in [0.25, 0.3) is 61.2 Å². The lowest BCUT2D eigenvalue weighted by atomic mass is 9.38. The van der Waals surface area contributed by atoms with E-state index in [2.05, 4.69) is 266 Å². The summed E-state index contributed by atoms with van der Waals surface area (Å²) < 4.78 is 0. The van der Waals surface area contributed by atoms with Crippen LogP contribution in [0.5, 0.6) is 0 Å². The molecule has 0 radical (unpaired) electrons. The molecule has 79 heavy (non-hydrogen) atoms. The first-order valence-corrected chi connectivity index (χ1v) is 29.2. The zero-order valence-electron chi connectivity index (χ0n) is 44.5. The molecule has 17 rings (SSSR count). The molecular formula is C78H61N. The average molecular weight is 1010 g/mol. The van der Waals surface area contributed by atoms with Gasteiger partial charge in [-0.25, -0.2) is 0 Å². The van der Waals surface area contributed by atoms with Crippen molar-refractivity contribution < 1.29 is 0 Å². The number of fused-ring (bicyclic) bond motifs is 14. The molecule has 378 valence electrons. The molecule has 0 amide bonds. The Morgan fingerprint density at radius 1 is 0.329 bits per heavy atom. The molecule has 1 nitrogen and oxygen atoms in total. The van der Waals surface area contributed by atoms with Crippen molar-refractivity contribution in [2.24, 2.45) is 5.92 Å². The van der Waals surface area contributed by atoms with Gasteiger partial charge in [0, 0.05) is 33.3 Å². The number of rotatable bonds is 6. The van der Waals surface area contributed by atoms with Gasteiger partial charge in [0.1, 0.15) is 0 Å². The molecule has 6 bridgehead atoms. The highest BCUT2D eigenvalue weighted by Gasteiger charge is 2.76. The van der Waals surface area contributed by atoms with E-state index < -0.39 is 0 Å². The van der Waals surface area contributed by atoms with Gasteiger partial charge in [-0.1, -0.05) is 224 Å². The predicted octanol–water partition coefficient (Wildman–Crippen LogP) is 20.2. The normalized spacial score (nSPS) is 24.8. The summed E-state index contributed by atoms with van der Waals surface area (Å²) in [7, 11) is 0. The van der Waals surface area contributed by atoms with E-state index in [0.29, 0.717) is 23.7 Å². The molecule has 3 fully saturated rings. The van der Waals surface area contributed by atoms with E-state index in [0.717, 1.165) is 49.2 Å². The molecular weight excluding hydrogens is 951 g/mol. The molecule has 7 unspecified atom stereocenters. The number of benzene rings is 10. The lowest BCUT2D eigenvalue weighted by molar-refractivity contribution is -0.00417. The molecule has 7 aliphatic carbocycles. The maximum absolute atomic E-state index is 2.63. The van der Waals surface area contributed by atoms with E-state index in [1.807, 2.05) is 0 Å². The summed E-state index contributed by atoms with van der Waals surface area (Å²) in [6.07, 6.45) is 15.0.